The molecule has 2 fully saturated rings. The second-order valence-corrected chi connectivity index (χ2v) is 10.5. The Morgan fingerprint density at radius 3 is 2.40 bits per heavy atom. The van der Waals surface area contributed by atoms with E-state index in [1.54, 1.807) is 16.8 Å². The van der Waals surface area contributed by atoms with Gasteiger partial charge in [0.1, 0.15) is 12.1 Å². The number of hydrogen-bond acceptors (Lipinski definition) is 8. The summed E-state index contributed by atoms with van der Waals surface area (Å²) in [5.74, 6) is -2.44. The van der Waals surface area contributed by atoms with Gasteiger partial charge >= 0.3 is 12.0 Å². The molecule has 12 nitrogen and oxygen atoms in total. The smallest absolute Gasteiger partial charge is 0.328 e. The number of benzene rings is 1. The van der Waals surface area contributed by atoms with Crippen molar-refractivity contribution in [3.8, 4) is 0 Å². The van der Waals surface area contributed by atoms with Crippen LogP contribution in [0.4, 0.5) is 4.79 Å². The summed E-state index contributed by atoms with van der Waals surface area (Å²) in [5.41, 5.74) is 8.37. The minimum atomic E-state index is -1.26. The van der Waals surface area contributed by atoms with Crippen LogP contribution >= 0.6 is 0 Å². The Morgan fingerprint density at radius 1 is 1.10 bits per heavy atom. The number of likely N-dealkylation sites (tertiary alicyclic amines) is 1. The summed E-state index contributed by atoms with van der Waals surface area (Å²) in [6.45, 7) is 2.31. The van der Waals surface area contributed by atoms with E-state index >= 15 is 0 Å². The molecule has 3 rings (SSSR count). The number of esters is 1. The second-order valence-electron chi connectivity index (χ2n) is 10.5. The summed E-state index contributed by atoms with van der Waals surface area (Å²) in [7, 11) is 2.93. The number of likely N-dealkylation sites (N-methyl/N-ethyl adjacent to an activating group) is 1. The molecule has 1 aromatic carbocycles. The van der Waals surface area contributed by atoms with E-state index in [0.717, 1.165) is 50.6 Å². The van der Waals surface area contributed by atoms with Gasteiger partial charge in [0.2, 0.25) is 11.8 Å². The number of carbonyl (C=O) groups excluding carboxylic acids is 4. The first-order valence-corrected chi connectivity index (χ1v) is 14.1. The first-order chi connectivity index (χ1) is 19.3. The maximum atomic E-state index is 13.9. The number of ether oxygens (including phenoxy) is 1. The van der Waals surface area contributed by atoms with Gasteiger partial charge in [0, 0.05) is 39.1 Å². The van der Waals surface area contributed by atoms with Gasteiger partial charge in [-0.05, 0) is 37.8 Å². The molecule has 4 amide bonds. The number of hydrogen-bond donors (Lipinski definition) is 4. The number of amides is 4. The lowest BCUT2D eigenvalue weighted by atomic mass is 9.94. The molecule has 0 bridgehead atoms. The largest absolute Gasteiger partial charge is 0.467 e. The number of methoxy groups -OCH3 is 1. The molecule has 0 radical (unpaired) electrons. The van der Waals surface area contributed by atoms with E-state index in [-0.39, 0.29) is 30.8 Å². The van der Waals surface area contributed by atoms with Gasteiger partial charge in [0.05, 0.1) is 19.6 Å². The topological polar surface area (TPSA) is 156 Å². The van der Waals surface area contributed by atoms with Crippen LogP contribution in [0.15, 0.2) is 35.4 Å². The van der Waals surface area contributed by atoms with Gasteiger partial charge in [-0.15, -0.1) is 0 Å². The van der Waals surface area contributed by atoms with Crippen LogP contribution in [0.25, 0.3) is 0 Å². The van der Waals surface area contributed by atoms with Gasteiger partial charge in [-0.3, -0.25) is 9.59 Å². The minimum Gasteiger partial charge on any atom is -0.467 e. The van der Waals surface area contributed by atoms with Crippen molar-refractivity contribution in [2.45, 2.75) is 63.1 Å². The molecule has 220 valence electrons. The lowest BCUT2D eigenvalue weighted by Crippen LogP contribution is -2.61. The van der Waals surface area contributed by atoms with Crippen molar-refractivity contribution in [1.82, 2.24) is 25.8 Å². The number of nitrogens with zero attached hydrogens (tertiary/aromatic N) is 3. The maximum absolute atomic E-state index is 13.9. The summed E-state index contributed by atoms with van der Waals surface area (Å²) in [6.07, 6.45) is 5.60. The maximum Gasteiger partial charge on any atom is 0.328 e. The van der Waals surface area contributed by atoms with Crippen LogP contribution in [0, 0.1) is 11.4 Å². The lowest BCUT2D eigenvalue weighted by Gasteiger charge is -2.36. The van der Waals surface area contributed by atoms with Gasteiger partial charge in [-0.2, -0.15) is 5.11 Å². The van der Waals surface area contributed by atoms with Crippen molar-refractivity contribution in [1.29, 1.82) is 5.53 Å². The zero-order valence-corrected chi connectivity index (χ0v) is 23.6. The molecular weight excluding hydrogens is 514 g/mol. The van der Waals surface area contributed by atoms with Crippen molar-refractivity contribution in [2.24, 2.45) is 11.0 Å². The average Bonchev–Trinajstić information content (AvgIpc) is 3.28. The van der Waals surface area contributed by atoms with Gasteiger partial charge in [0.15, 0.2) is 0 Å². The van der Waals surface area contributed by atoms with E-state index in [1.165, 1.54) is 7.11 Å². The Morgan fingerprint density at radius 2 is 1.80 bits per heavy atom. The Hall–Kier alpha value is -3.54. The van der Waals surface area contributed by atoms with Gasteiger partial charge in [-0.1, -0.05) is 43.2 Å². The standard InChI is InChI=1S/C28H43N7O5/c1-34(21-13-10-14-30-18-21)25(36)22(19-31-29)24(26(37)35-15-8-3-4-9-16-35)33-28(39)32-23(27(38)40-2)17-20-11-6-5-7-12-20/h5-7,11-12,21-24,29-30H,3-4,8-10,13-19H2,1-2H3,(H2,32,33,39)/t21-,22+,23+,24?/m0/s1. The first-order valence-electron chi connectivity index (χ1n) is 14.1. The molecule has 1 aromatic rings. The number of nitrogens with one attached hydrogen (secondary N) is 4. The third-order valence-corrected chi connectivity index (χ3v) is 7.72. The fourth-order valence-corrected chi connectivity index (χ4v) is 5.38. The van der Waals surface area contributed by atoms with Crippen LogP contribution in [0.1, 0.15) is 44.1 Å². The molecule has 4 atom stereocenters. The van der Waals surface area contributed by atoms with Crippen LogP contribution in [-0.2, 0) is 25.5 Å². The van der Waals surface area contributed by atoms with Crippen molar-refractivity contribution < 1.29 is 23.9 Å². The Balaban J connectivity index is 1.84. The molecule has 0 saturated carbocycles. The molecule has 0 aromatic heterocycles. The molecule has 2 aliphatic heterocycles. The molecule has 0 aliphatic carbocycles. The molecule has 4 N–H and O–H groups in total. The SMILES string of the molecule is COC(=O)[C@@H](Cc1ccccc1)NC(=O)NC(C(=O)N1CCCCCC1)[C@@H](CN=N)C(=O)N(C)[C@H]1CCCNC1. The van der Waals surface area contributed by atoms with Crippen molar-refractivity contribution in [3.05, 3.63) is 35.9 Å². The minimum absolute atomic E-state index is 0.0631. The summed E-state index contributed by atoms with van der Waals surface area (Å²) < 4.78 is 4.91. The molecule has 0 spiro atoms. The van der Waals surface area contributed by atoms with E-state index in [2.05, 4.69) is 21.1 Å². The van der Waals surface area contributed by atoms with Crippen molar-refractivity contribution in [2.75, 3.05) is 46.9 Å². The molecular formula is C28H43N7O5. The summed E-state index contributed by atoms with van der Waals surface area (Å²) in [5, 5.41) is 12.1. The highest BCUT2D eigenvalue weighted by atomic mass is 16.5. The highest BCUT2D eigenvalue weighted by Gasteiger charge is 2.40. The predicted octanol–water partition coefficient (Wildman–Crippen LogP) is 1.70. The Labute approximate surface area is 236 Å². The van der Waals surface area contributed by atoms with Gasteiger partial charge in [-0.25, -0.2) is 15.1 Å². The molecule has 2 saturated heterocycles. The average molecular weight is 558 g/mol. The summed E-state index contributed by atoms with van der Waals surface area (Å²) in [4.78, 5) is 56.8. The van der Waals surface area contributed by atoms with Crippen LogP contribution in [0.5, 0.6) is 0 Å². The number of piperidine rings is 1. The molecule has 2 aliphatic rings. The van der Waals surface area contributed by atoms with Crippen molar-refractivity contribution >= 4 is 23.8 Å². The van der Waals surface area contributed by atoms with Gasteiger partial charge in [0.25, 0.3) is 0 Å². The van der Waals surface area contributed by atoms with Crippen LogP contribution in [-0.4, -0.2) is 98.6 Å². The van der Waals surface area contributed by atoms with E-state index in [0.29, 0.717) is 19.6 Å². The van der Waals surface area contributed by atoms with E-state index < -0.39 is 30.0 Å². The molecule has 40 heavy (non-hydrogen) atoms. The highest BCUT2D eigenvalue weighted by molar-refractivity contribution is 5.94. The monoisotopic (exact) mass is 557 g/mol. The van der Waals surface area contributed by atoms with E-state index in [1.807, 2.05) is 30.3 Å². The van der Waals surface area contributed by atoms with Crippen LogP contribution in [0.2, 0.25) is 0 Å². The van der Waals surface area contributed by atoms with E-state index in [4.69, 9.17) is 10.3 Å². The molecule has 12 heteroatoms. The summed E-state index contributed by atoms with van der Waals surface area (Å²) in [6, 6.07) is 6.09. The Kier molecular flexibility index (Phi) is 12.3. The van der Waals surface area contributed by atoms with Crippen molar-refractivity contribution in [3.63, 3.8) is 0 Å². The number of carbonyl (C=O) groups is 4. The van der Waals surface area contributed by atoms with Crippen LogP contribution in [0.3, 0.4) is 0 Å². The lowest BCUT2D eigenvalue weighted by molar-refractivity contribution is -0.144. The Bertz CT molecular complexity index is 994. The summed E-state index contributed by atoms with van der Waals surface area (Å²) >= 11 is 0. The zero-order chi connectivity index (χ0) is 28.9. The van der Waals surface area contributed by atoms with E-state index in [9.17, 15) is 19.2 Å². The predicted molar refractivity (Wildman–Crippen MR) is 149 cm³/mol. The first kappa shape index (κ1) is 31.0. The van der Waals surface area contributed by atoms with Gasteiger partial charge < -0.3 is 30.5 Å². The quantitative estimate of drug-likeness (QED) is 0.240. The fraction of sp³-hybridized carbons (Fsp3) is 0.643. The number of urea groups is 1. The van der Waals surface area contributed by atoms with Crippen LogP contribution < -0.4 is 16.0 Å². The number of rotatable bonds is 11. The third kappa shape index (κ3) is 8.73. The molecule has 1 unspecified atom stereocenters. The normalized spacial score (nSPS) is 19.8. The zero-order valence-electron chi connectivity index (χ0n) is 23.6. The second kappa shape index (κ2) is 15.9. The highest BCUT2D eigenvalue weighted by Crippen LogP contribution is 2.19. The fourth-order valence-electron chi connectivity index (χ4n) is 5.38. The third-order valence-electron chi connectivity index (χ3n) is 7.72. The molecule has 2 heterocycles.